The predicted molar refractivity (Wildman–Crippen MR) is 139 cm³/mol. The average Bonchev–Trinajstić information content (AvgIpc) is 2.83. The zero-order valence-electron chi connectivity index (χ0n) is 22.8. The summed E-state index contributed by atoms with van der Waals surface area (Å²) in [6, 6.07) is 0.336. The van der Waals surface area contributed by atoms with Gasteiger partial charge in [-0.3, -0.25) is 24.7 Å². The van der Waals surface area contributed by atoms with E-state index in [4.69, 9.17) is 5.73 Å². The molecule has 15 heteroatoms. The second-order valence-corrected chi connectivity index (χ2v) is 10.9. The molecule has 0 heterocycles. The highest BCUT2D eigenvalue weighted by Crippen LogP contribution is 2.54. The number of nitrogens with one attached hydrogen (secondary N) is 2. The number of fused-ring (bicyclic) bond motifs is 3. The smallest absolute Gasteiger partial charge is 0.402 e. The molecule has 1 aromatic rings. The topological polar surface area (TPSA) is 189 Å². The molecular weight excluding hydrogens is 551 g/mol. The Bertz CT molecular complexity index is 1390. The Morgan fingerprint density at radius 3 is 2.32 bits per heavy atom. The molecular formula is C26H32F3N5O7. The Morgan fingerprint density at radius 2 is 1.78 bits per heavy atom. The molecule has 3 aliphatic carbocycles. The third kappa shape index (κ3) is 4.81. The lowest BCUT2D eigenvalue weighted by Gasteiger charge is -2.50. The Labute approximate surface area is 232 Å². The number of likely N-dealkylation sites (N-methyl/N-ethyl adjacent to an activating group) is 1. The maximum absolute atomic E-state index is 13.9. The molecule has 0 aromatic heterocycles. The van der Waals surface area contributed by atoms with Crippen molar-refractivity contribution in [3.8, 4) is 5.75 Å². The number of hydrazine groups is 1. The summed E-state index contributed by atoms with van der Waals surface area (Å²) in [6.45, 7) is -1.63. The first-order valence-electron chi connectivity index (χ1n) is 12.7. The van der Waals surface area contributed by atoms with E-state index in [9.17, 15) is 48.0 Å². The monoisotopic (exact) mass is 583 g/mol. The second kappa shape index (κ2) is 10.3. The van der Waals surface area contributed by atoms with Gasteiger partial charge in [-0.2, -0.15) is 13.2 Å². The minimum absolute atomic E-state index is 0.0654. The SMILES string of the molecule is CN(C)c1cc(CNNCC(F)(F)F)c(O)c2c1C[C@H]1C[C@H]3[C@H](N(C)C)C(=O)C(C(N)=O)=C(O)[C@@]3(O)C(=O)C1=C2O. The predicted octanol–water partition coefficient (Wildman–Crippen LogP) is 0.187. The minimum atomic E-state index is -4.49. The van der Waals surface area contributed by atoms with E-state index in [0.717, 1.165) is 0 Å². The van der Waals surface area contributed by atoms with Gasteiger partial charge in [0.05, 0.1) is 11.6 Å². The summed E-state index contributed by atoms with van der Waals surface area (Å²) in [5, 5.41) is 45.1. The number of hydrogen-bond acceptors (Lipinski definition) is 11. The molecule has 1 aromatic carbocycles. The first-order valence-corrected chi connectivity index (χ1v) is 12.7. The number of phenols is 1. The molecule has 0 radical (unpaired) electrons. The number of phenolic OH excluding ortho intramolecular Hbond substituents is 1. The lowest BCUT2D eigenvalue weighted by molar-refractivity contribution is -0.153. The van der Waals surface area contributed by atoms with E-state index in [1.165, 1.54) is 25.1 Å². The number of amides is 1. The summed E-state index contributed by atoms with van der Waals surface area (Å²) in [7, 11) is 6.38. The van der Waals surface area contributed by atoms with Crippen molar-refractivity contribution in [1.82, 2.24) is 15.8 Å². The lowest BCUT2D eigenvalue weighted by atomic mass is 9.57. The number of carbonyl (C=O) groups excluding carboxylic acids is 3. The molecule has 8 N–H and O–H groups in total. The third-order valence-corrected chi connectivity index (χ3v) is 7.95. The Balaban J connectivity index is 1.87. The summed E-state index contributed by atoms with van der Waals surface area (Å²) in [5.74, 6) is -7.68. The molecule has 224 valence electrons. The first kappa shape index (κ1) is 30.3. The zero-order valence-corrected chi connectivity index (χ0v) is 22.8. The van der Waals surface area contributed by atoms with Crippen molar-refractivity contribution < 1.29 is 48.0 Å². The summed E-state index contributed by atoms with van der Waals surface area (Å²) >= 11 is 0. The number of ketones is 2. The van der Waals surface area contributed by atoms with Gasteiger partial charge in [-0.15, -0.1) is 0 Å². The van der Waals surface area contributed by atoms with Crippen LogP contribution in [0.3, 0.4) is 0 Å². The maximum Gasteiger partial charge on any atom is 0.402 e. The van der Waals surface area contributed by atoms with Crippen LogP contribution in [0.5, 0.6) is 5.75 Å². The molecule has 1 fully saturated rings. The maximum atomic E-state index is 13.9. The van der Waals surface area contributed by atoms with Gasteiger partial charge < -0.3 is 31.1 Å². The number of anilines is 1. The van der Waals surface area contributed by atoms with Crippen LogP contribution in [0.1, 0.15) is 23.1 Å². The van der Waals surface area contributed by atoms with Gasteiger partial charge in [0.25, 0.3) is 5.91 Å². The fourth-order valence-electron chi connectivity index (χ4n) is 6.20. The lowest BCUT2D eigenvalue weighted by Crippen LogP contribution is -2.65. The van der Waals surface area contributed by atoms with Crippen molar-refractivity contribution in [1.29, 1.82) is 0 Å². The molecule has 41 heavy (non-hydrogen) atoms. The van der Waals surface area contributed by atoms with Crippen LogP contribution in [0.15, 0.2) is 23.0 Å². The number of alkyl halides is 3. The van der Waals surface area contributed by atoms with Crippen molar-refractivity contribution in [2.45, 2.75) is 37.2 Å². The highest BCUT2D eigenvalue weighted by molar-refractivity contribution is 6.24. The molecule has 0 unspecified atom stereocenters. The number of hydrogen-bond donors (Lipinski definition) is 7. The van der Waals surface area contributed by atoms with E-state index >= 15 is 0 Å². The van der Waals surface area contributed by atoms with Crippen molar-refractivity contribution in [3.05, 3.63) is 39.7 Å². The summed E-state index contributed by atoms with van der Waals surface area (Å²) in [6.07, 6.45) is -4.47. The van der Waals surface area contributed by atoms with Crippen LogP contribution >= 0.6 is 0 Å². The fourth-order valence-corrected chi connectivity index (χ4v) is 6.20. The number of nitrogens with two attached hydrogens (primary N) is 1. The molecule has 4 rings (SSSR count). The third-order valence-electron chi connectivity index (χ3n) is 7.95. The van der Waals surface area contributed by atoms with E-state index in [1.807, 2.05) is 5.43 Å². The molecule has 0 aliphatic heterocycles. The first-order chi connectivity index (χ1) is 18.9. The number of aliphatic hydroxyl groups excluding tert-OH is 2. The number of benzene rings is 1. The van der Waals surface area contributed by atoms with Crippen molar-refractivity contribution in [2.75, 3.05) is 39.6 Å². The van der Waals surface area contributed by atoms with E-state index < -0.39 is 76.5 Å². The highest BCUT2D eigenvalue weighted by atomic mass is 19.4. The number of aromatic hydroxyl groups is 1. The highest BCUT2D eigenvalue weighted by Gasteiger charge is 2.64. The van der Waals surface area contributed by atoms with E-state index in [0.29, 0.717) is 11.3 Å². The molecule has 1 amide bonds. The Hall–Kier alpha value is -3.66. The van der Waals surface area contributed by atoms with Crippen LogP contribution in [0.25, 0.3) is 5.76 Å². The van der Waals surface area contributed by atoms with Gasteiger partial charge in [0.15, 0.2) is 11.4 Å². The van der Waals surface area contributed by atoms with E-state index in [1.54, 1.807) is 19.0 Å². The van der Waals surface area contributed by atoms with Crippen LogP contribution in [0.2, 0.25) is 0 Å². The number of carbonyl (C=O) groups is 3. The number of primary amides is 1. The molecule has 0 spiro atoms. The van der Waals surface area contributed by atoms with Gasteiger partial charge in [-0.1, -0.05) is 0 Å². The number of aliphatic hydroxyl groups is 3. The van der Waals surface area contributed by atoms with E-state index in [-0.39, 0.29) is 36.1 Å². The summed E-state index contributed by atoms with van der Waals surface area (Å²) in [5.41, 5.74) is 6.57. The van der Waals surface area contributed by atoms with Crippen LogP contribution < -0.4 is 21.5 Å². The van der Waals surface area contributed by atoms with Crippen LogP contribution in [-0.2, 0) is 27.3 Å². The normalized spacial score (nSPS) is 26.2. The van der Waals surface area contributed by atoms with Gasteiger partial charge in [-0.05, 0) is 44.5 Å². The van der Waals surface area contributed by atoms with Gasteiger partial charge in [0, 0.05) is 43.4 Å². The van der Waals surface area contributed by atoms with Crippen molar-refractivity contribution in [2.24, 2.45) is 17.6 Å². The molecule has 1 saturated carbocycles. The average molecular weight is 584 g/mol. The Kier molecular flexibility index (Phi) is 7.62. The van der Waals surface area contributed by atoms with Gasteiger partial charge in [0.2, 0.25) is 5.78 Å². The van der Waals surface area contributed by atoms with Crippen LogP contribution in [0.4, 0.5) is 18.9 Å². The molecule has 0 bridgehead atoms. The Morgan fingerprint density at radius 1 is 1.15 bits per heavy atom. The summed E-state index contributed by atoms with van der Waals surface area (Å²) in [4.78, 5) is 42.3. The number of halogens is 3. The fraction of sp³-hybridized carbons (Fsp3) is 0.500. The largest absolute Gasteiger partial charge is 0.508 e. The second-order valence-electron chi connectivity index (χ2n) is 10.9. The number of rotatable bonds is 7. The minimum Gasteiger partial charge on any atom is -0.508 e. The van der Waals surface area contributed by atoms with Gasteiger partial charge in [-0.25, -0.2) is 5.43 Å². The summed E-state index contributed by atoms with van der Waals surface area (Å²) < 4.78 is 37.6. The van der Waals surface area contributed by atoms with E-state index in [2.05, 4.69) is 5.43 Å². The standard InChI is InChI=1S/C26H32F3N5O7/c1-33(2)14-7-11(8-31-32-9-25(27,28)29)19(35)16-12(14)5-10-6-13-18(34(3)4)21(37)17(24(30)40)23(39)26(13,41)22(38)15(10)20(16)36/h7,10,13,18,31-32,35-36,39,41H,5-6,8-9H2,1-4H3,(H2,30,40)/t10-,13-,18-,26-/m0/s1. The molecule has 3 aliphatic rings. The molecule has 0 saturated heterocycles. The zero-order chi connectivity index (χ0) is 30.8. The van der Waals surface area contributed by atoms with Gasteiger partial charge in [0.1, 0.15) is 29.4 Å². The van der Waals surface area contributed by atoms with Crippen molar-refractivity contribution in [3.63, 3.8) is 0 Å². The number of Topliss-reactive ketones (excluding diaryl/α,β-unsaturated/α-hetero) is 2. The van der Waals surface area contributed by atoms with Gasteiger partial charge >= 0.3 is 6.18 Å². The van der Waals surface area contributed by atoms with Crippen molar-refractivity contribution >= 4 is 28.9 Å². The van der Waals surface area contributed by atoms with Crippen LogP contribution in [0, 0.1) is 11.8 Å². The number of nitrogens with zero attached hydrogens (tertiary/aromatic N) is 2. The molecule has 4 atom stereocenters. The van der Waals surface area contributed by atoms with Crippen LogP contribution in [-0.4, -0.2) is 95.4 Å². The molecule has 12 nitrogen and oxygen atoms in total. The quantitative estimate of drug-likeness (QED) is 0.132.